The summed E-state index contributed by atoms with van der Waals surface area (Å²) in [6.07, 6.45) is 2.47. The number of aromatic nitrogens is 1. The van der Waals surface area contributed by atoms with Gasteiger partial charge in [-0.3, -0.25) is 0 Å². The van der Waals surface area contributed by atoms with Crippen LogP contribution in [0.15, 0.2) is 17.5 Å². The largest absolute Gasteiger partial charge is 0.429 e. The van der Waals surface area contributed by atoms with Crippen LogP contribution in [0.1, 0.15) is 0 Å². The highest BCUT2D eigenvalue weighted by Crippen LogP contribution is 2.06. The van der Waals surface area contributed by atoms with Gasteiger partial charge in [-0.15, -0.1) is 0 Å². The lowest BCUT2D eigenvalue weighted by molar-refractivity contribution is 0.184. The van der Waals surface area contributed by atoms with E-state index in [1.165, 1.54) is 12.4 Å². The van der Waals surface area contributed by atoms with E-state index in [1.807, 2.05) is 0 Å². The number of halogens is 2. The number of pyridine rings is 1. The van der Waals surface area contributed by atoms with Crippen molar-refractivity contribution in [2.24, 2.45) is 10.9 Å². The van der Waals surface area contributed by atoms with Gasteiger partial charge < -0.3 is 11.0 Å². The van der Waals surface area contributed by atoms with E-state index in [0.717, 1.165) is 4.73 Å². The highest BCUT2D eigenvalue weighted by atomic mass is 35.5. The van der Waals surface area contributed by atoms with Gasteiger partial charge in [0.15, 0.2) is 0 Å². The molecule has 0 aliphatic rings. The fourth-order valence-corrected chi connectivity index (χ4v) is 1.18. The Labute approximate surface area is 72.4 Å². The van der Waals surface area contributed by atoms with Gasteiger partial charge in [-0.1, -0.05) is 23.2 Å². The first kappa shape index (κ1) is 8.23. The summed E-state index contributed by atoms with van der Waals surface area (Å²) < 4.78 is 0.735. The molecule has 1 aromatic rings. The molecule has 11 heavy (non-hydrogen) atoms. The summed E-state index contributed by atoms with van der Waals surface area (Å²) in [5.41, 5.74) is 0. The molecule has 0 spiro atoms. The molecule has 0 unspecified atom stereocenters. The van der Waals surface area contributed by atoms with E-state index < -0.39 is 0 Å². The molecule has 6 heteroatoms. The minimum Gasteiger partial charge on any atom is -0.429 e. The van der Waals surface area contributed by atoms with Crippen LogP contribution in [0.2, 0.25) is 10.0 Å². The molecule has 0 bridgehead atoms. The predicted octanol–water partition coefficient (Wildman–Crippen LogP) is 0.807. The van der Waals surface area contributed by atoms with Gasteiger partial charge in [-0.25, -0.2) is 0 Å². The second kappa shape index (κ2) is 3.02. The molecule has 0 aromatic carbocycles. The second-order valence-electron chi connectivity index (χ2n) is 1.81. The van der Waals surface area contributed by atoms with Crippen LogP contribution >= 0.6 is 23.2 Å². The SMILES string of the molecule is NN=c1c(Cl)cn(O)cc1Cl. The lowest BCUT2D eigenvalue weighted by Gasteiger charge is -1.98. The summed E-state index contributed by atoms with van der Waals surface area (Å²) in [5.74, 6) is 4.97. The number of rotatable bonds is 0. The molecule has 0 amide bonds. The van der Waals surface area contributed by atoms with Crippen molar-refractivity contribution < 1.29 is 5.21 Å². The highest BCUT2D eigenvalue weighted by Gasteiger charge is 1.99. The molecule has 0 aliphatic carbocycles. The summed E-state index contributed by atoms with van der Waals surface area (Å²) in [4.78, 5) is 0. The van der Waals surface area contributed by atoms with Gasteiger partial charge >= 0.3 is 0 Å². The van der Waals surface area contributed by atoms with Crippen LogP contribution in [0.4, 0.5) is 0 Å². The maximum absolute atomic E-state index is 8.88. The zero-order chi connectivity index (χ0) is 8.43. The van der Waals surface area contributed by atoms with Gasteiger partial charge in [0, 0.05) is 0 Å². The molecule has 4 nitrogen and oxygen atoms in total. The van der Waals surface area contributed by atoms with Crippen LogP contribution in [0.5, 0.6) is 0 Å². The van der Waals surface area contributed by atoms with E-state index in [2.05, 4.69) is 5.10 Å². The predicted molar refractivity (Wildman–Crippen MR) is 41.4 cm³/mol. The summed E-state index contributed by atoms with van der Waals surface area (Å²) >= 11 is 11.2. The van der Waals surface area contributed by atoms with Crippen molar-refractivity contribution in [3.63, 3.8) is 0 Å². The molecular formula is C5H5Cl2N3O. The van der Waals surface area contributed by atoms with Crippen molar-refractivity contribution >= 4 is 23.2 Å². The van der Waals surface area contributed by atoms with Gasteiger partial charge in [0.05, 0.1) is 22.4 Å². The zero-order valence-electron chi connectivity index (χ0n) is 5.33. The Hall–Kier alpha value is -0.870. The fraction of sp³-hybridized carbons (Fsp3) is 0. The molecule has 0 aliphatic heterocycles. The third-order valence-electron chi connectivity index (χ3n) is 1.07. The summed E-state index contributed by atoms with van der Waals surface area (Å²) in [6, 6.07) is 0. The molecule has 0 radical (unpaired) electrons. The number of hydrogen-bond acceptors (Lipinski definition) is 3. The van der Waals surface area contributed by atoms with E-state index in [0.29, 0.717) is 0 Å². The number of hydrogen-bond donors (Lipinski definition) is 2. The normalized spacial score (nSPS) is 9.64. The van der Waals surface area contributed by atoms with Gasteiger partial charge in [0.2, 0.25) is 0 Å². The first-order valence-corrected chi connectivity index (χ1v) is 3.41. The molecule has 0 fully saturated rings. The molecular weight excluding hydrogens is 189 g/mol. The quantitative estimate of drug-likeness (QED) is 0.364. The zero-order valence-corrected chi connectivity index (χ0v) is 6.84. The topological polar surface area (TPSA) is 63.5 Å². The molecule has 1 aromatic heterocycles. The molecule has 3 N–H and O–H groups in total. The molecule has 0 saturated carbocycles. The smallest absolute Gasteiger partial charge is 0.123 e. The third kappa shape index (κ3) is 1.58. The van der Waals surface area contributed by atoms with E-state index in [-0.39, 0.29) is 15.4 Å². The number of nitrogens with two attached hydrogens (primary N) is 1. The van der Waals surface area contributed by atoms with Crippen molar-refractivity contribution in [2.75, 3.05) is 0 Å². The van der Waals surface area contributed by atoms with Crippen molar-refractivity contribution in [1.29, 1.82) is 0 Å². The Balaban J connectivity index is 3.50. The van der Waals surface area contributed by atoms with Gasteiger partial charge in [0.1, 0.15) is 5.36 Å². The molecule has 60 valence electrons. The molecule has 0 atom stereocenters. The lowest BCUT2D eigenvalue weighted by atomic mass is 10.5. The minimum atomic E-state index is 0.197. The average molecular weight is 194 g/mol. The van der Waals surface area contributed by atoms with E-state index in [9.17, 15) is 0 Å². The van der Waals surface area contributed by atoms with Crippen molar-refractivity contribution in [1.82, 2.24) is 4.73 Å². The molecule has 1 rings (SSSR count). The van der Waals surface area contributed by atoms with Crippen LogP contribution in [0.25, 0.3) is 0 Å². The molecule has 0 saturated heterocycles. The highest BCUT2D eigenvalue weighted by molar-refractivity contribution is 6.34. The van der Waals surface area contributed by atoms with Crippen LogP contribution < -0.4 is 11.2 Å². The van der Waals surface area contributed by atoms with E-state index >= 15 is 0 Å². The Morgan fingerprint density at radius 1 is 1.36 bits per heavy atom. The third-order valence-corrected chi connectivity index (χ3v) is 1.63. The van der Waals surface area contributed by atoms with Crippen LogP contribution in [-0.2, 0) is 0 Å². The van der Waals surface area contributed by atoms with Gasteiger partial charge in [-0.05, 0) is 0 Å². The van der Waals surface area contributed by atoms with Crippen LogP contribution in [0, 0.1) is 0 Å². The molecule has 1 heterocycles. The average Bonchev–Trinajstić information content (AvgIpc) is 1.85. The maximum Gasteiger partial charge on any atom is 0.123 e. The monoisotopic (exact) mass is 193 g/mol. The maximum atomic E-state index is 8.88. The van der Waals surface area contributed by atoms with Gasteiger partial charge in [-0.2, -0.15) is 9.83 Å². The summed E-state index contributed by atoms with van der Waals surface area (Å²) in [7, 11) is 0. The Kier molecular flexibility index (Phi) is 2.26. The first-order chi connectivity index (χ1) is 5.15. The van der Waals surface area contributed by atoms with Crippen LogP contribution in [0.3, 0.4) is 0 Å². The van der Waals surface area contributed by atoms with Crippen LogP contribution in [-0.4, -0.2) is 9.94 Å². The Bertz CT molecular complexity index is 307. The Morgan fingerprint density at radius 2 is 1.82 bits per heavy atom. The van der Waals surface area contributed by atoms with Gasteiger partial charge in [0.25, 0.3) is 0 Å². The fourth-order valence-electron chi connectivity index (χ4n) is 0.629. The van der Waals surface area contributed by atoms with E-state index in [1.54, 1.807) is 0 Å². The lowest BCUT2D eigenvalue weighted by Crippen LogP contribution is -2.11. The van der Waals surface area contributed by atoms with Crippen molar-refractivity contribution in [3.8, 4) is 0 Å². The van der Waals surface area contributed by atoms with Crippen molar-refractivity contribution in [2.45, 2.75) is 0 Å². The minimum absolute atomic E-state index is 0.197. The van der Waals surface area contributed by atoms with Crippen molar-refractivity contribution in [3.05, 3.63) is 27.8 Å². The first-order valence-electron chi connectivity index (χ1n) is 2.65. The Morgan fingerprint density at radius 3 is 2.18 bits per heavy atom. The summed E-state index contributed by atoms with van der Waals surface area (Å²) in [6.45, 7) is 0. The standard InChI is InChI=1S/C5H5Cl2N3O/c6-3-1-10(11)2-4(7)5(3)9-8/h1-2,11H,8H2. The summed E-state index contributed by atoms with van der Waals surface area (Å²) in [5, 5.41) is 12.9. The number of nitrogens with zero attached hydrogens (tertiary/aromatic N) is 2. The van der Waals surface area contributed by atoms with E-state index in [4.69, 9.17) is 34.3 Å². The second-order valence-corrected chi connectivity index (χ2v) is 2.63.